The molecule has 0 aliphatic rings. The van der Waals surface area contributed by atoms with Gasteiger partial charge in [-0.2, -0.15) is 0 Å². The second-order valence-corrected chi connectivity index (χ2v) is 4.84. The number of anilines is 1. The van der Waals surface area contributed by atoms with E-state index in [2.05, 4.69) is 5.32 Å². The molecule has 6 heteroatoms. The molecular formula is C16H16N2O4. The average molecular weight is 300 g/mol. The molecule has 0 unspecified atom stereocenters. The lowest BCUT2D eigenvalue weighted by molar-refractivity contribution is -0.385. The van der Waals surface area contributed by atoms with Crippen molar-refractivity contribution in [3.63, 3.8) is 0 Å². The summed E-state index contributed by atoms with van der Waals surface area (Å²) in [5, 5.41) is 13.8. The van der Waals surface area contributed by atoms with Crippen molar-refractivity contribution in [2.45, 2.75) is 13.8 Å². The van der Waals surface area contributed by atoms with Crippen molar-refractivity contribution in [2.75, 3.05) is 12.4 Å². The molecule has 0 fully saturated rings. The van der Waals surface area contributed by atoms with Crippen LogP contribution in [-0.2, 0) is 0 Å². The minimum atomic E-state index is -0.586. The summed E-state index contributed by atoms with van der Waals surface area (Å²) >= 11 is 0. The summed E-state index contributed by atoms with van der Waals surface area (Å²) in [4.78, 5) is 22.9. The lowest BCUT2D eigenvalue weighted by Crippen LogP contribution is -2.15. The number of ether oxygens (including phenoxy) is 1. The van der Waals surface area contributed by atoms with E-state index < -0.39 is 10.8 Å². The van der Waals surface area contributed by atoms with E-state index in [1.165, 1.54) is 25.3 Å². The Bertz CT molecular complexity index is 741. The van der Waals surface area contributed by atoms with Gasteiger partial charge < -0.3 is 10.1 Å². The number of nitro benzene ring substituents is 1. The molecule has 0 heterocycles. The maximum Gasteiger partial charge on any atom is 0.282 e. The first-order chi connectivity index (χ1) is 10.4. The molecule has 0 aliphatic carbocycles. The van der Waals surface area contributed by atoms with E-state index in [0.717, 1.165) is 11.1 Å². The monoisotopic (exact) mass is 300 g/mol. The lowest BCUT2D eigenvalue weighted by atomic mass is 10.1. The van der Waals surface area contributed by atoms with Crippen LogP contribution < -0.4 is 10.1 Å². The van der Waals surface area contributed by atoms with Gasteiger partial charge >= 0.3 is 0 Å². The summed E-state index contributed by atoms with van der Waals surface area (Å²) < 4.78 is 5.03. The van der Waals surface area contributed by atoms with Gasteiger partial charge in [-0.25, -0.2) is 0 Å². The summed E-state index contributed by atoms with van der Waals surface area (Å²) in [7, 11) is 1.44. The minimum absolute atomic E-state index is 0.0368. The Balaban J connectivity index is 2.40. The van der Waals surface area contributed by atoms with Crippen LogP contribution in [0.15, 0.2) is 36.4 Å². The number of methoxy groups -OCH3 is 1. The fourth-order valence-electron chi connectivity index (χ4n) is 2.06. The van der Waals surface area contributed by atoms with Crippen LogP contribution in [0.2, 0.25) is 0 Å². The van der Waals surface area contributed by atoms with Crippen LogP contribution in [0.1, 0.15) is 21.5 Å². The molecule has 2 rings (SSSR count). The van der Waals surface area contributed by atoms with Gasteiger partial charge in [0.15, 0.2) is 0 Å². The predicted octanol–water partition coefficient (Wildman–Crippen LogP) is 3.47. The van der Waals surface area contributed by atoms with Crippen molar-refractivity contribution >= 4 is 17.3 Å². The number of carbonyl (C=O) groups excluding carboxylic acids is 1. The zero-order chi connectivity index (χ0) is 16.3. The molecule has 0 bridgehead atoms. The van der Waals surface area contributed by atoms with E-state index in [1.807, 2.05) is 26.0 Å². The third kappa shape index (κ3) is 3.06. The van der Waals surface area contributed by atoms with E-state index in [1.54, 1.807) is 6.07 Å². The maximum atomic E-state index is 12.4. The third-order valence-electron chi connectivity index (χ3n) is 3.50. The zero-order valence-corrected chi connectivity index (χ0v) is 12.5. The predicted molar refractivity (Wildman–Crippen MR) is 83.5 cm³/mol. The Morgan fingerprint density at radius 1 is 1.23 bits per heavy atom. The molecule has 0 spiro atoms. The van der Waals surface area contributed by atoms with Crippen molar-refractivity contribution in [3.8, 4) is 5.75 Å². The van der Waals surface area contributed by atoms with Gasteiger partial charge in [-0.3, -0.25) is 14.9 Å². The molecule has 0 aromatic heterocycles. The number of nitrogens with one attached hydrogen (secondary N) is 1. The standard InChI is InChI=1S/C16H16N2O4/c1-10-5-4-6-14(11(10)2)17-16(19)13-9-12(22-3)7-8-15(13)18(20)21/h4-9H,1-3H3,(H,17,19). The molecule has 1 N–H and O–H groups in total. The Labute approximate surface area is 127 Å². The second-order valence-electron chi connectivity index (χ2n) is 4.84. The molecule has 0 radical (unpaired) electrons. The van der Waals surface area contributed by atoms with Gasteiger partial charge in [0.25, 0.3) is 11.6 Å². The summed E-state index contributed by atoms with van der Waals surface area (Å²) in [5.41, 5.74) is 2.27. The highest BCUT2D eigenvalue weighted by atomic mass is 16.6. The van der Waals surface area contributed by atoms with E-state index in [4.69, 9.17) is 4.74 Å². The Morgan fingerprint density at radius 2 is 1.95 bits per heavy atom. The fraction of sp³-hybridized carbons (Fsp3) is 0.188. The van der Waals surface area contributed by atoms with Gasteiger partial charge in [0.1, 0.15) is 11.3 Å². The number of rotatable bonds is 4. The van der Waals surface area contributed by atoms with Gasteiger partial charge in [0, 0.05) is 11.8 Å². The summed E-state index contributed by atoms with van der Waals surface area (Å²) in [6.45, 7) is 3.81. The first-order valence-corrected chi connectivity index (χ1v) is 6.64. The first kappa shape index (κ1) is 15.5. The largest absolute Gasteiger partial charge is 0.497 e. The molecule has 2 aromatic rings. The van der Waals surface area contributed by atoms with Gasteiger partial charge in [0.2, 0.25) is 0 Å². The van der Waals surface area contributed by atoms with Crippen molar-refractivity contribution < 1.29 is 14.5 Å². The van der Waals surface area contributed by atoms with Crippen molar-refractivity contribution in [3.05, 3.63) is 63.2 Å². The van der Waals surface area contributed by atoms with Crippen LogP contribution in [0, 0.1) is 24.0 Å². The van der Waals surface area contributed by atoms with Crippen molar-refractivity contribution in [1.29, 1.82) is 0 Å². The molecular weight excluding hydrogens is 284 g/mol. The highest BCUT2D eigenvalue weighted by Gasteiger charge is 2.21. The Morgan fingerprint density at radius 3 is 2.59 bits per heavy atom. The lowest BCUT2D eigenvalue weighted by Gasteiger charge is -2.11. The van der Waals surface area contributed by atoms with E-state index in [-0.39, 0.29) is 11.3 Å². The Hall–Kier alpha value is -2.89. The number of aryl methyl sites for hydroxylation is 1. The van der Waals surface area contributed by atoms with E-state index in [9.17, 15) is 14.9 Å². The van der Waals surface area contributed by atoms with E-state index in [0.29, 0.717) is 11.4 Å². The molecule has 1 amide bonds. The summed E-state index contributed by atoms with van der Waals surface area (Å²) in [6.07, 6.45) is 0. The molecule has 6 nitrogen and oxygen atoms in total. The number of amides is 1. The van der Waals surface area contributed by atoms with Gasteiger partial charge in [-0.05, 0) is 43.2 Å². The number of hydrogen-bond donors (Lipinski definition) is 1. The van der Waals surface area contributed by atoms with Gasteiger partial charge in [0.05, 0.1) is 12.0 Å². The number of nitrogens with zero attached hydrogens (tertiary/aromatic N) is 1. The van der Waals surface area contributed by atoms with Crippen LogP contribution in [-0.4, -0.2) is 17.9 Å². The maximum absolute atomic E-state index is 12.4. The van der Waals surface area contributed by atoms with Crippen LogP contribution in [0.5, 0.6) is 5.75 Å². The molecule has 0 atom stereocenters. The van der Waals surface area contributed by atoms with Crippen LogP contribution in [0.25, 0.3) is 0 Å². The smallest absolute Gasteiger partial charge is 0.282 e. The number of carbonyl (C=O) groups is 1. The first-order valence-electron chi connectivity index (χ1n) is 6.64. The van der Waals surface area contributed by atoms with Crippen LogP contribution in [0.4, 0.5) is 11.4 Å². The van der Waals surface area contributed by atoms with E-state index >= 15 is 0 Å². The third-order valence-corrected chi connectivity index (χ3v) is 3.50. The second kappa shape index (κ2) is 6.26. The summed E-state index contributed by atoms with van der Waals surface area (Å²) in [5.74, 6) is -0.156. The van der Waals surface area contributed by atoms with Crippen LogP contribution in [0.3, 0.4) is 0 Å². The van der Waals surface area contributed by atoms with Crippen LogP contribution >= 0.6 is 0 Å². The fourth-order valence-corrected chi connectivity index (χ4v) is 2.06. The molecule has 0 saturated carbocycles. The SMILES string of the molecule is COc1ccc([N+](=O)[O-])c(C(=O)Nc2cccc(C)c2C)c1. The molecule has 114 valence electrons. The van der Waals surface area contributed by atoms with Crippen molar-refractivity contribution in [2.24, 2.45) is 0 Å². The van der Waals surface area contributed by atoms with Gasteiger partial charge in [-0.15, -0.1) is 0 Å². The van der Waals surface area contributed by atoms with Gasteiger partial charge in [-0.1, -0.05) is 12.1 Å². The number of benzene rings is 2. The molecule has 2 aromatic carbocycles. The quantitative estimate of drug-likeness (QED) is 0.692. The minimum Gasteiger partial charge on any atom is -0.497 e. The summed E-state index contributed by atoms with van der Waals surface area (Å²) in [6, 6.07) is 9.57. The molecule has 0 aliphatic heterocycles. The average Bonchev–Trinajstić information content (AvgIpc) is 2.51. The molecule has 0 saturated heterocycles. The normalized spacial score (nSPS) is 10.1. The number of hydrogen-bond acceptors (Lipinski definition) is 4. The molecule has 22 heavy (non-hydrogen) atoms. The highest BCUT2D eigenvalue weighted by molar-refractivity contribution is 6.07. The van der Waals surface area contributed by atoms with Crippen molar-refractivity contribution in [1.82, 2.24) is 0 Å². The number of nitro groups is 1. The Kier molecular flexibility index (Phi) is 4.41. The highest BCUT2D eigenvalue weighted by Crippen LogP contribution is 2.26. The topological polar surface area (TPSA) is 81.5 Å². The zero-order valence-electron chi connectivity index (χ0n) is 12.5.